The van der Waals surface area contributed by atoms with Gasteiger partial charge in [0.2, 0.25) is 0 Å². The van der Waals surface area contributed by atoms with Gasteiger partial charge in [-0.15, -0.1) is 0 Å². The Labute approximate surface area is 128 Å². The monoisotopic (exact) mass is 334 g/mol. The maximum absolute atomic E-state index is 6.32. The molecule has 20 heavy (non-hydrogen) atoms. The molecule has 2 rings (SSSR count). The highest BCUT2D eigenvalue weighted by molar-refractivity contribution is 9.10. The van der Waals surface area contributed by atoms with Gasteiger partial charge in [-0.3, -0.25) is 4.98 Å². The van der Waals surface area contributed by atoms with Crippen LogP contribution in [0.25, 0.3) is 0 Å². The van der Waals surface area contributed by atoms with E-state index in [2.05, 4.69) is 33.9 Å². The lowest BCUT2D eigenvalue weighted by atomic mass is 9.99. The normalized spacial score (nSPS) is 12.5. The number of rotatable bonds is 4. The number of nitrogens with zero attached hydrogens (tertiary/aromatic N) is 1. The number of aryl methyl sites for hydroxylation is 1. The van der Waals surface area contributed by atoms with Gasteiger partial charge < -0.3 is 10.5 Å². The predicted octanol–water partition coefficient (Wildman–Crippen LogP) is 3.99. The van der Waals surface area contributed by atoms with Crippen molar-refractivity contribution < 1.29 is 4.74 Å². The minimum Gasteiger partial charge on any atom is -0.489 e. The number of aromatic nitrogens is 1. The van der Waals surface area contributed by atoms with Crippen molar-refractivity contribution in [3.05, 3.63) is 57.8 Å². The Morgan fingerprint density at radius 3 is 2.55 bits per heavy atom. The van der Waals surface area contributed by atoms with E-state index in [1.54, 1.807) is 12.4 Å². The molecule has 0 fully saturated rings. The molecule has 0 aliphatic heterocycles. The Morgan fingerprint density at radius 2 is 1.90 bits per heavy atom. The second-order valence-electron chi connectivity index (χ2n) is 5.11. The van der Waals surface area contributed by atoms with Crippen molar-refractivity contribution in [3.63, 3.8) is 0 Å². The highest BCUT2D eigenvalue weighted by Gasteiger charge is 2.12. The van der Waals surface area contributed by atoms with Crippen LogP contribution in [0, 0.1) is 6.92 Å². The molecule has 0 saturated carbocycles. The van der Waals surface area contributed by atoms with Crippen molar-refractivity contribution in [2.75, 3.05) is 0 Å². The maximum Gasteiger partial charge on any atom is 0.138 e. The van der Waals surface area contributed by atoms with Crippen LogP contribution in [0.2, 0.25) is 0 Å². The van der Waals surface area contributed by atoms with E-state index < -0.39 is 0 Å². The van der Waals surface area contributed by atoms with E-state index in [9.17, 15) is 0 Å². The molecule has 0 amide bonds. The fraction of sp³-hybridized carbons (Fsp3) is 0.312. The molecule has 2 aromatic rings. The molecule has 0 aliphatic rings. The molecule has 1 atom stereocenters. The van der Waals surface area contributed by atoms with E-state index in [1.807, 2.05) is 32.0 Å². The summed E-state index contributed by atoms with van der Waals surface area (Å²) in [6.45, 7) is 6.03. The van der Waals surface area contributed by atoms with Crippen LogP contribution in [0.15, 0.2) is 41.1 Å². The van der Waals surface area contributed by atoms with Crippen LogP contribution in [0.4, 0.5) is 0 Å². The molecule has 1 heterocycles. The van der Waals surface area contributed by atoms with Crippen molar-refractivity contribution in [3.8, 4) is 5.75 Å². The summed E-state index contributed by atoms with van der Waals surface area (Å²) in [5.74, 6) is 0.752. The lowest BCUT2D eigenvalue weighted by Gasteiger charge is -2.15. The summed E-state index contributed by atoms with van der Waals surface area (Å²) in [5.41, 5.74) is 9.50. The summed E-state index contributed by atoms with van der Waals surface area (Å²) in [7, 11) is 0. The number of hydrogen-bond donors (Lipinski definition) is 1. The smallest absolute Gasteiger partial charge is 0.138 e. The first-order valence-electron chi connectivity index (χ1n) is 6.60. The molecule has 3 nitrogen and oxygen atoms in total. The van der Waals surface area contributed by atoms with Gasteiger partial charge >= 0.3 is 0 Å². The lowest BCUT2D eigenvalue weighted by molar-refractivity contribution is 0.241. The molecule has 1 aromatic heterocycles. The van der Waals surface area contributed by atoms with Crippen LogP contribution < -0.4 is 10.5 Å². The van der Waals surface area contributed by atoms with Gasteiger partial charge in [-0.25, -0.2) is 0 Å². The molecule has 1 aromatic carbocycles. The van der Waals surface area contributed by atoms with Crippen molar-refractivity contribution >= 4 is 15.9 Å². The second-order valence-corrected chi connectivity index (χ2v) is 5.96. The molecule has 0 bridgehead atoms. The van der Waals surface area contributed by atoms with Crippen LogP contribution in [0.3, 0.4) is 0 Å². The summed E-state index contributed by atoms with van der Waals surface area (Å²) in [6, 6.07) is 7.88. The maximum atomic E-state index is 6.32. The molecular formula is C16H19BrN2O. The average Bonchev–Trinajstić information content (AvgIpc) is 2.40. The fourth-order valence-corrected chi connectivity index (χ4v) is 2.24. The van der Waals surface area contributed by atoms with Crippen molar-refractivity contribution in [1.82, 2.24) is 4.98 Å². The van der Waals surface area contributed by atoms with Crippen LogP contribution >= 0.6 is 15.9 Å². The quantitative estimate of drug-likeness (QED) is 0.919. The number of benzene rings is 1. The highest BCUT2D eigenvalue weighted by Crippen LogP contribution is 2.26. The van der Waals surface area contributed by atoms with E-state index >= 15 is 0 Å². The fourth-order valence-electron chi connectivity index (χ4n) is 2.00. The summed E-state index contributed by atoms with van der Waals surface area (Å²) in [6.07, 6.45) is 3.62. The third kappa shape index (κ3) is 3.58. The van der Waals surface area contributed by atoms with Crippen molar-refractivity contribution in [2.45, 2.75) is 32.9 Å². The number of pyridine rings is 1. The Morgan fingerprint density at radius 1 is 1.15 bits per heavy atom. The van der Waals surface area contributed by atoms with E-state index in [-0.39, 0.29) is 12.1 Å². The summed E-state index contributed by atoms with van der Waals surface area (Å²) >= 11 is 3.50. The number of nitrogens with two attached hydrogens (primary N) is 1. The van der Waals surface area contributed by atoms with Gasteiger partial charge in [0, 0.05) is 10.7 Å². The van der Waals surface area contributed by atoms with Gasteiger partial charge in [0.1, 0.15) is 5.75 Å². The number of halogens is 1. The van der Waals surface area contributed by atoms with Gasteiger partial charge in [-0.1, -0.05) is 28.1 Å². The lowest BCUT2D eigenvalue weighted by Crippen LogP contribution is -2.13. The van der Waals surface area contributed by atoms with Gasteiger partial charge in [0.15, 0.2) is 0 Å². The molecule has 106 valence electrons. The minimum absolute atomic E-state index is 0.123. The first-order chi connectivity index (χ1) is 9.47. The summed E-state index contributed by atoms with van der Waals surface area (Å²) in [4.78, 5) is 4.21. The van der Waals surface area contributed by atoms with Crippen LogP contribution in [0.1, 0.15) is 36.6 Å². The van der Waals surface area contributed by atoms with Crippen LogP contribution in [0.5, 0.6) is 5.75 Å². The molecule has 0 saturated heterocycles. The van der Waals surface area contributed by atoms with Gasteiger partial charge in [0.05, 0.1) is 18.3 Å². The molecular weight excluding hydrogens is 316 g/mol. The molecule has 0 aliphatic carbocycles. The Kier molecular flexibility index (Phi) is 4.78. The Bertz CT molecular complexity index is 599. The third-order valence-corrected chi connectivity index (χ3v) is 3.90. The minimum atomic E-state index is -0.204. The van der Waals surface area contributed by atoms with Crippen LogP contribution in [-0.2, 0) is 0 Å². The first-order valence-corrected chi connectivity index (χ1v) is 7.40. The molecule has 0 spiro atoms. The molecule has 1 unspecified atom stereocenters. The second kappa shape index (κ2) is 6.37. The first kappa shape index (κ1) is 15.0. The largest absolute Gasteiger partial charge is 0.489 e. The van der Waals surface area contributed by atoms with E-state index in [0.717, 1.165) is 21.3 Å². The van der Waals surface area contributed by atoms with E-state index in [0.29, 0.717) is 0 Å². The molecule has 4 heteroatoms. The average molecular weight is 335 g/mol. The zero-order valence-electron chi connectivity index (χ0n) is 11.9. The Balaban J connectivity index is 2.28. The van der Waals surface area contributed by atoms with Gasteiger partial charge in [-0.2, -0.15) is 0 Å². The zero-order chi connectivity index (χ0) is 14.7. The third-order valence-electron chi connectivity index (χ3n) is 3.01. The zero-order valence-corrected chi connectivity index (χ0v) is 13.5. The van der Waals surface area contributed by atoms with E-state index in [4.69, 9.17) is 10.5 Å². The van der Waals surface area contributed by atoms with E-state index in [1.165, 1.54) is 5.56 Å². The Hall–Kier alpha value is -1.39. The number of ether oxygens (including phenoxy) is 1. The highest BCUT2D eigenvalue weighted by atomic mass is 79.9. The van der Waals surface area contributed by atoms with Crippen molar-refractivity contribution in [1.29, 1.82) is 0 Å². The van der Waals surface area contributed by atoms with Crippen LogP contribution in [-0.4, -0.2) is 11.1 Å². The molecule has 2 N–H and O–H groups in total. The van der Waals surface area contributed by atoms with Gasteiger partial charge in [-0.05, 0) is 49.6 Å². The molecule has 0 radical (unpaired) electrons. The standard InChI is InChI=1S/C16H19BrN2O/c1-10(2)20-14-7-13(8-19-9-14)16(18)12-4-5-15(17)11(3)6-12/h4-10,16H,18H2,1-3H3. The summed E-state index contributed by atoms with van der Waals surface area (Å²) < 4.78 is 6.74. The SMILES string of the molecule is Cc1cc(C(N)c2cncc(OC(C)C)c2)ccc1Br. The van der Waals surface area contributed by atoms with Gasteiger partial charge in [0.25, 0.3) is 0 Å². The topological polar surface area (TPSA) is 48.1 Å². The van der Waals surface area contributed by atoms with Crippen molar-refractivity contribution in [2.24, 2.45) is 5.73 Å². The summed E-state index contributed by atoms with van der Waals surface area (Å²) in [5, 5.41) is 0. The number of hydrogen-bond acceptors (Lipinski definition) is 3. The predicted molar refractivity (Wildman–Crippen MR) is 84.9 cm³/mol.